The topological polar surface area (TPSA) is 99.5 Å². The van der Waals surface area contributed by atoms with E-state index in [-0.39, 0.29) is 12.4 Å². The van der Waals surface area contributed by atoms with Gasteiger partial charge in [-0.25, -0.2) is 14.0 Å². The van der Waals surface area contributed by atoms with Crippen molar-refractivity contribution in [2.75, 3.05) is 11.9 Å². The minimum absolute atomic E-state index is 0.0272. The predicted octanol–water partition coefficient (Wildman–Crippen LogP) is 3.20. The average Bonchev–Trinajstić information content (AvgIpc) is 3.12. The monoisotopic (exact) mass is 471 g/mol. The molecule has 1 N–H and O–H groups in total. The van der Waals surface area contributed by atoms with Gasteiger partial charge >= 0.3 is 11.7 Å². The van der Waals surface area contributed by atoms with Crippen LogP contribution < -0.4 is 11.0 Å². The molecular weight excluding hydrogens is 453 g/mol. The second-order valence-electron chi connectivity index (χ2n) is 7.24. The number of halogens is 2. The summed E-state index contributed by atoms with van der Waals surface area (Å²) in [4.78, 5) is 40.6. The number of nitrogens with zero attached hydrogens (tertiary/aromatic N) is 2. The molecule has 170 valence electrons. The maximum atomic E-state index is 14.7. The summed E-state index contributed by atoms with van der Waals surface area (Å²) in [5, 5.41) is 1.31. The Morgan fingerprint density at radius 3 is 2.33 bits per heavy atom. The molecule has 2 aromatic carbocycles. The lowest BCUT2D eigenvalue weighted by molar-refractivity contribution is -0.0436. The van der Waals surface area contributed by atoms with E-state index in [0.29, 0.717) is 11.1 Å². The van der Waals surface area contributed by atoms with E-state index in [1.165, 1.54) is 12.3 Å². The number of hydrogen-bond acceptors (Lipinski definition) is 6. The Labute approximate surface area is 192 Å². The summed E-state index contributed by atoms with van der Waals surface area (Å²) in [6.07, 6.45) is -2.71. The first kappa shape index (κ1) is 22.6. The first-order valence-electron chi connectivity index (χ1n) is 10.1. The van der Waals surface area contributed by atoms with Gasteiger partial charge in [-0.2, -0.15) is 4.98 Å². The molecule has 0 radical (unpaired) electrons. The molecule has 3 aromatic rings. The summed E-state index contributed by atoms with van der Waals surface area (Å²) in [5.74, 6) is -1.03. The molecule has 1 amide bonds. The molecule has 33 heavy (non-hydrogen) atoms. The number of aromatic nitrogens is 2. The number of carbonyl (C=O) groups excluding carboxylic acids is 2. The van der Waals surface area contributed by atoms with E-state index in [1.807, 2.05) is 0 Å². The molecule has 4 atom stereocenters. The molecule has 2 heterocycles. The van der Waals surface area contributed by atoms with Gasteiger partial charge in [-0.3, -0.25) is 9.36 Å². The van der Waals surface area contributed by atoms with Gasteiger partial charge in [0.15, 0.2) is 12.4 Å². The maximum absolute atomic E-state index is 14.7. The molecule has 10 heteroatoms. The molecule has 1 aliphatic heterocycles. The number of ether oxygens (including phenoxy) is 2. The van der Waals surface area contributed by atoms with Crippen LogP contribution in [0.1, 0.15) is 26.9 Å². The number of alkyl halides is 2. The summed E-state index contributed by atoms with van der Waals surface area (Å²) >= 11 is 6.17. The Hall–Kier alpha value is -3.56. The number of esters is 1. The van der Waals surface area contributed by atoms with Crippen LogP contribution in [0, 0.1) is 0 Å². The molecule has 4 rings (SSSR count). The van der Waals surface area contributed by atoms with Crippen molar-refractivity contribution in [2.24, 2.45) is 0 Å². The second-order valence-corrected chi connectivity index (χ2v) is 7.75. The van der Waals surface area contributed by atoms with Crippen LogP contribution in [0.5, 0.6) is 0 Å². The number of anilines is 1. The first-order valence-corrected chi connectivity index (χ1v) is 10.5. The van der Waals surface area contributed by atoms with Crippen molar-refractivity contribution in [1.29, 1.82) is 0 Å². The number of nitrogens with one attached hydrogen (secondary N) is 1. The molecule has 1 saturated heterocycles. The summed E-state index contributed by atoms with van der Waals surface area (Å²) in [6, 6.07) is 18.1. The van der Waals surface area contributed by atoms with Crippen LogP contribution in [0.2, 0.25) is 0 Å². The van der Waals surface area contributed by atoms with Crippen molar-refractivity contribution >= 4 is 29.3 Å². The van der Waals surface area contributed by atoms with E-state index in [2.05, 4.69) is 10.3 Å². The fourth-order valence-corrected chi connectivity index (χ4v) is 3.65. The van der Waals surface area contributed by atoms with Crippen molar-refractivity contribution in [2.45, 2.75) is 23.9 Å². The predicted molar refractivity (Wildman–Crippen MR) is 118 cm³/mol. The molecule has 8 nitrogen and oxygen atoms in total. The van der Waals surface area contributed by atoms with Gasteiger partial charge in [0.25, 0.3) is 5.91 Å². The number of rotatable bonds is 6. The van der Waals surface area contributed by atoms with E-state index in [9.17, 15) is 18.8 Å². The van der Waals surface area contributed by atoms with Gasteiger partial charge in [-0.15, -0.1) is 11.6 Å². The second kappa shape index (κ2) is 9.93. The Morgan fingerprint density at radius 1 is 1.06 bits per heavy atom. The first-order chi connectivity index (χ1) is 15.9. The molecule has 1 aromatic heterocycles. The van der Waals surface area contributed by atoms with Crippen LogP contribution in [-0.2, 0) is 9.47 Å². The van der Waals surface area contributed by atoms with Crippen molar-refractivity contribution in [3.8, 4) is 0 Å². The Morgan fingerprint density at radius 2 is 1.70 bits per heavy atom. The van der Waals surface area contributed by atoms with Gasteiger partial charge in [0.2, 0.25) is 0 Å². The van der Waals surface area contributed by atoms with E-state index in [4.69, 9.17) is 21.1 Å². The van der Waals surface area contributed by atoms with Crippen LogP contribution in [0.4, 0.5) is 10.2 Å². The minimum atomic E-state index is -1.69. The zero-order chi connectivity index (χ0) is 23.4. The van der Waals surface area contributed by atoms with E-state index in [1.54, 1.807) is 60.7 Å². The third-order valence-electron chi connectivity index (χ3n) is 5.02. The zero-order valence-electron chi connectivity index (χ0n) is 17.1. The molecular formula is C23H19ClFN3O5. The fourth-order valence-electron chi connectivity index (χ4n) is 3.31. The largest absolute Gasteiger partial charge is 0.459 e. The highest BCUT2D eigenvalue weighted by Gasteiger charge is 2.46. The van der Waals surface area contributed by atoms with Gasteiger partial charge in [-0.1, -0.05) is 36.4 Å². The van der Waals surface area contributed by atoms with Crippen molar-refractivity contribution in [1.82, 2.24) is 9.55 Å². The van der Waals surface area contributed by atoms with Crippen LogP contribution in [0.15, 0.2) is 77.7 Å². The third-order valence-corrected chi connectivity index (χ3v) is 5.47. The van der Waals surface area contributed by atoms with E-state index in [0.717, 1.165) is 4.57 Å². The van der Waals surface area contributed by atoms with Gasteiger partial charge in [0.05, 0.1) is 5.56 Å². The van der Waals surface area contributed by atoms with E-state index < -0.39 is 41.4 Å². The van der Waals surface area contributed by atoms with Gasteiger partial charge in [-0.05, 0) is 30.3 Å². The zero-order valence-corrected chi connectivity index (χ0v) is 17.9. The van der Waals surface area contributed by atoms with Crippen LogP contribution in [0.25, 0.3) is 0 Å². The lowest BCUT2D eigenvalue weighted by Crippen LogP contribution is -2.32. The lowest BCUT2D eigenvalue weighted by Gasteiger charge is -2.17. The summed E-state index contributed by atoms with van der Waals surface area (Å²) in [6.45, 7) is -0.373. The third kappa shape index (κ3) is 5.10. The van der Waals surface area contributed by atoms with Crippen molar-refractivity contribution in [3.05, 3.63) is 94.5 Å². The normalized spacial score (nSPS) is 22.0. The highest BCUT2D eigenvalue weighted by molar-refractivity contribution is 6.21. The number of benzene rings is 2. The Bertz CT molecular complexity index is 1190. The maximum Gasteiger partial charge on any atom is 0.351 e. The van der Waals surface area contributed by atoms with Crippen LogP contribution >= 0.6 is 11.6 Å². The fraction of sp³-hybridized carbons (Fsp3) is 0.217. The van der Waals surface area contributed by atoms with E-state index >= 15 is 0 Å². The lowest BCUT2D eigenvalue weighted by atomic mass is 10.2. The van der Waals surface area contributed by atoms with Crippen LogP contribution in [0.3, 0.4) is 0 Å². The number of amides is 1. The van der Waals surface area contributed by atoms with Crippen molar-refractivity contribution < 1.29 is 23.5 Å². The molecule has 0 saturated carbocycles. The number of carbonyl (C=O) groups is 2. The van der Waals surface area contributed by atoms with Gasteiger partial charge < -0.3 is 14.8 Å². The Kier molecular flexibility index (Phi) is 6.81. The molecule has 1 aliphatic rings. The standard InChI is InChI=1S/C23H19ClFN3O5/c24-18-19(25)16(13-32-22(30)15-9-5-2-6-10-15)33-21(18)28-12-11-17(27-23(28)31)26-20(29)14-7-3-1-4-8-14/h1-12,16,18-19,21H,13H2,(H,26,27,29,31)/t16-,18-,19-,21-/m1/s1. The van der Waals surface area contributed by atoms with Gasteiger partial charge in [0.1, 0.15) is 23.9 Å². The molecule has 0 bridgehead atoms. The van der Waals surface area contributed by atoms with Crippen molar-refractivity contribution in [3.63, 3.8) is 0 Å². The molecule has 0 aliphatic carbocycles. The molecule has 0 spiro atoms. The smallest absolute Gasteiger partial charge is 0.351 e. The quantitative estimate of drug-likeness (QED) is 0.438. The summed E-state index contributed by atoms with van der Waals surface area (Å²) in [7, 11) is 0. The molecule has 1 fully saturated rings. The highest BCUT2D eigenvalue weighted by Crippen LogP contribution is 2.35. The summed E-state index contributed by atoms with van der Waals surface area (Å²) in [5.41, 5.74) is -0.0688. The van der Waals surface area contributed by atoms with Crippen LogP contribution in [-0.4, -0.2) is 45.7 Å². The average molecular weight is 472 g/mol. The minimum Gasteiger partial charge on any atom is -0.459 e. The highest BCUT2D eigenvalue weighted by atomic mass is 35.5. The van der Waals surface area contributed by atoms with Gasteiger partial charge in [0, 0.05) is 11.8 Å². The summed E-state index contributed by atoms with van der Waals surface area (Å²) < 4.78 is 26.4. The Balaban J connectivity index is 1.41. The number of hydrogen-bond donors (Lipinski definition) is 1. The SMILES string of the molecule is O=C(Nc1ccn([C@@H]2O[C@H](COC(=O)c3ccccc3)[C@@H](F)[C@H]2Cl)c(=O)n1)c1ccccc1. The molecule has 0 unspecified atom stereocenters.